The third kappa shape index (κ3) is 8.16. The van der Waals surface area contributed by atoms with E-state index in [1.165, 1.54) is 23.5 Å². The smallest absolute Gasteiger partial charge is 0.462 e. The van der Waals surface area contributed by atoms with Gasteiger partial charge >= 0.3 is 21.6 Å². The molecule has 0 aliphatic heterocycles. The van der Waals surface area contributed by atoms with E-state index in [9.17, 15) is 26.4 Å². The molecule has 0 fully saturated rings. The normalized spacial score (nSPS) is 13.6. The second-order valence-electron chi connectivity index (χ2n) is 12.4. The first-order valence-corrected chi connectivity index (χ1v) is 16.4. The van der Waals surface area contributed by atoms with Gasteiger partial charge in [0.25, 0.3) is 0 Å². The quantitative estimate of drug-likeness (QED) is 0.104. The molecule has 1 atom stereocenters. The van der Waals surface area contributed by atoms with Gasteiger partial charge in [0.05, 0.1) is 21.2 Å². The van der Waals surface area contributed by atoms with Crippen molar-refractivity contribution >= 4 is 49.2 Å². The van der Waals surface area contributed by atoms with Crippen LogP contribution in [0.15, 0.2) is 54.6 Å². The topological polar surface area (TPSA) is 91.8 Å². The van der Waals surface area contributed by atoms with Crippen LogP contribution in [-0.2, 0) is 24.4 Å². The first kappa shape index (κ1) is 34.7. The highest BCUT2D eigenvalue weighted by atomic mass is 35.5. The Labute approximate surface area is 269 Å². The zero-order valence-electron chi connectivity index (χ0n) is 25.7. The number of benzene rings is 3. The fraction of sp³-hybridized carbons (Fsp3) is 0.375. The van der Waals surface area contributed by atoms with Gasteiger partial charge in [-0.25, -0.2) is 4.98 Å². The zero-order chi connectivity index (χ0) is 33.5. The van der Waals surface area contributed by atoms with Crippen LogP contribution in [0.4, 0.5) is 13.2 Å². The molecule has 1 aromatic heterocycles. The molecule has 0 saturated carbocycles. The summed E-state index contributed by atoms with van der Waals surface area (Å²) in [4.78, 5) is 17.5. The number of alkyl halides is 3. The molecule has 3 aromatic carbocycles. The summed E-state index contributed by atoms with van der Waals surface area (Å²) in [6.45, 7) is 12.8. The van der Waals surface area contributed by atoms with Gasteiger partial charge in [-0.3, -0.25) is 4.79 Å². The maximum atomic E-state index is 12.9. The number of rotatable bonds is 8. The second-order valence-corrected chi connectivity index (χ2v) is 15.4. The number of fused-ring (bicyclic) bond motifs is 1. The molecule has 0 N–H and O–H groups in total. The minimum absolute atomic E-state index is 0.0565. The fourth-order valence-electron chi connectivity index (χ4n) is 4.48. The van der Waals surface area contributed by atoms with Crippen molar-refractivity contribution < 1.29 is 40.0 Å². The molecule has 0 amide bonds. The number of hydrogen-bond acceptors (Lipinski definition) is 8. The molecule has 4 aromatic rings. The lowest BCUT2D eigenvalue weighted by Gasteiger charge is -2.31. The van der Waals surface area contributed by atoms with Crippen molar-refractivity contribution in [3.8, 4) is 27.4 Å². The van der Waals surface area contributed by atoms with E-state index >= 15 is 0 Å². The van der Waals surface area contributed by atoms with Crippen molar-refractivity contribution in [2.75, 3.05) is 6.61 Å². The largest absolute Gasteiger partial charge is 0.534 e. The van der Waals surface area contributed by atoms with Crippen molar-refractivity contribution in [3.63, 3.8) is 0 Å². The SMILES string of the molecule is Cc1cc2nc(-c3cccc(OS(=O)(=O)C(F)(F)F)c3)sc2c(-c2ccc(Cl)cc2)c1[C@H](COC(=O)C(C)(C)C)OC(C)(C)C. The molecule has 242 valence electrons. The highest BCUT2D eigenvalue weighted by Crippen LogP contribution is 2.45. The summed E-state index contributed by atoms with van der Waals surface area (Å²) in [7, 11) is -5.86. The van der Waals surface area contributed by atoms with Gasteiger partial charge in [-0.2, -0.15) is 21.6 Å². The Morgan fingerprint density at radius 1 is 0.978 bits per heavy atom. The number of esters is 1. The minimum atomic E-state index is -5.86. The van der Waals surface area contributed by atoms with Crippen LogP contribution in [0.5, 0.6) is 5.75 Å². The van der Waals surface area contributed by atoms with Crippen molar-refractivity contribution in [2.24, 2.45) is 5.41 Å². The second kappa shape index (κ2) is 12.5. The molecular weight excluding hydrogens is 651 g/mol. The van der Waals surface area contributed by atoms with E-state index in [0.717, 1.165) is 33.0 Å². The number of hydrogen-bond donors (Lipinski definition) is 0. The van der Waals surface area contributed by atoms with Crippen LogP contribution < -0.4 is 4.18 Å². The van der Waals surface area contributed by atoms with Gasteiger partial charge in [0.2, 0.25) is 0 Å². The minimum Gasteiger partial charge on any atom is -0.462 e. The Hall–Kier alpha value is -3.19. The third-order valence-corrected chi connectivity index (χ3v) is 8.80. The lowest BCUT2D eigenvalue weighted by Crippen LogP contribution is -2.30. The lowest BCUT2D eigenvalue weighted by molar-refractivity contribution is -0.162. The van der Waals surface area contributed by atoms with Gasteiger partial charge in [0, 0.05) is 16.1 Å². The Morgan fingerprint density at radius 3 is 2.20 bits per heavy atom. The molecule has 0 aliphatic carbocycles. The highest BCUT2D eigenvalue weighted by molar-refractivity contribution is 7.88. The molecule has 0 saturated heterocycles. The number of carbonyl (C=O) groups excluding carboxylic acids is 1. The molecule has 4 rings (SSSR count). The standard InChI is InChI=1S/C32H33ClF3NO6S2/c1-18-15-23-27(44-28(37-23)20-9-8-10-22(16-20)43-45(39,40)32(34,35)36)26(19-11-13-21(33)14-12-19)25(18)24(42-31(5,6)7)17-41-29(38)30(2,3)4/h8-16,24H,17H2,1-7H3/t24-/m0/s1. The van der Waals surface area contributed by atoms with Crippen molar-refractivity contribution in [1.82, 2.24) is 4.98 Å². The van der Waals surface area contributed by atoms with Gasteiger partial charge in [-0.1, -0.05) is 35.9 Å². The number of aryl methyl sites for hydroxylation is 1. The Bertz CT molecular complexity index is 1820. The predicted molar refractivity (Wildman–Crippen MR) is 170 cm³/mol. The van der Waals surface area contributed by atoms with E-state index in [-0.39, 0.29) is 12.6 Å². The average molecular weight is 684 g/mol. The van der Waals surface area contributed by atoms with Gasteiger partial charge in [-0.05, 0) is 95.5 Å². The van der Waals surface area contributed by atoms with Crippen LogP contribution in [0.1, 0.15) is 58.8 Å². The molecule has 0 aliphatic rings. The Kier molecular flexibility index (Phi) is 9.67. The number of ether oxygens (including phenoxy) is 2. The zero-order valence-corrected chi connectivity index (χ0v) is 28.1. The maximum Gasteiger partial charge on any atom is 0.534 e. The highest BCUT2D eigenvalue weighted by Gasteiger charge is 2.48. The lowest BCUT2D eigenvalue weighted by atomic mass is 9.91. The van der Waals surface area contributed by atoms with Crippen molar-refractivity contribution in [1.29, 1.82) is 0 Å². The van der Waals surface area contributed by atoms with E-state index in [0.29, 0.717) is 21.1 Å². The molecular formula is C32H33ClF3NO6S2. The van der Waals surface area contributed by atoms with Crippen LogP contribution in [0.3, 0.4) is 0 Å². The average Bonchev–Trinajstić information content (AvgIpc) is 3.32. The third-order valence-electron chi connectivity index (χ3n) is 6.43. The number of thiazole rings is 1. The summed E-state index contributed by atoms with van der Waals surface area (Å²) in [5, 5.41) is 0.945. The number of nitrogens with zero attached hydrogens (tertiary/aromatic N) is 1. The molecule has 0 radical (unpaired) electrons. The summed E-state index contributed by atoms with van der Waals surface area (Å²) < 4.78 is 79.4. The molecule has 7 nitrogen and oxygen atoms in total. The molecule has 45 heavy (non-hydrogen) atoms. The predicted octanol–water partition coefficient (Wildman–Crippen LogP) is 9.27. The summed E-state index contributed by atoms with van der Waals surface area (Å²) in [5.74, 6) is -0.885. The Balaban J connectivity index is 1.91. The van der Waals surface area contributed by atoms with Crippen molar-refractivity contribution in [2.45, 2.75) is 65.7 Å². The first-order chi connectivity index (χ1) is 20.7. The molecule has 1 heterocycles. The van der Waals surface area contributed by atoms with E-state index in [1.54, 1.807) is 39.0 Å². The van der Waals surface area contributed by atoms with Gasteiger partial charge < -0.3 is 13.7 Å². The molecule has 0 bridgehead atoms. The van der Waals surface area contributed by atoms with Gasteiger partial charge in [-0.15, -0.1) is 11.3 Å². The fourth-order valence-corrected chi connectivity index (χ4v) is 6.18. The van der Waals surface area contributed by atoms with Crippen LogP contribution in [0.25, 0.3) is 31.9 Å². The summed E-state index contributed by atoms with van der Waals surface area (Å²) >= 11 is 7.48. The molecule has 0 unspecified atom stereocenters. The van der Waals surface area contributed by atoms with E-state index in [1.807, 2.05) is 45.9 Å². The van der Waals surface area contributed by atoms with Crippen LogP contribution in [-0.4, -0.2) is 37.1 Å². The van der Waals surface area contributed by atoms with Crippen LogP contribution in [0.2, 0.25) is 5.02 Å². The number of aromatic nitrogens is 1. The maximum absolute atomic E-state index is 12.9. The van der Waals surface area contributed by atoms with Gasteiger partial charge in [0.1, 0.15) is 23.5 Å². The first-order valence-electron chi connectivity index (χ1n) is 13.8. The van der Waals surface area contributed by atoms with E-state index in [2.05, 4.69) is 4.18 Å². The molecule has 13 heteroatoms. The van der Waals surface area contributed by atoms with Gasteiger partial charge in [0.15, 0.2) is 0 Å². The number of carbonyl (C=O) groups is 1. The Morgan fingerprint density at radius 2 is 1.62 bits per heavy atom. The monoisotopic (exact) mass is 683 g/mol. The van der Waals surface area contributed by atoms with Crippen molar-refractivity contribution in [3.05, 3.63) is 70.7 Å². The summed E-state index contributed by atoms with van der Waals surface area (Å²) in [6.07, 6.45) is -0.679. The summed E-state index contributed by atoms with van der Waals surface area (Å²) in [5.41, 5.74) is -2.85. The van der Waals surface area contributed by atoms with Crippen LogP contribution in [0, 0.1) is 12.3 Å². The van der Waals surface area contributed by atoms with E-state index < -0.39 is 38.5 Å². The summed E-state index contributed by atoms with van der Waals surface area (Å²) in [6, 6.07) is 14.4. The van der Waals surface area contributed by atoms with E-state index in [4.69, 9.17) is 26.1 Å². The molecule has 0 spiro atoms. The van der Waals surface area contributed by atoms with Crippen LogP contribution >= 0.6 is 22.9 Å². The number of halogens is 4.